The van der Waals surface area contributed by atoms with Crippen molar-refractivity contribution < 1.29 is 9.90 Å². The number of carboxylic acids is 1. The maximum absolute atomic E-state index is 10.5. The highest BCUT2D eigenvalue weighted by Gasteiger charge is 2.02. The summed E-state index contributed by atoms with van der Waals surface area (Å²) >= 11 is 1.63. The molecular weight excluding hydrogens is 184 g/mol. The molecule has 0 aliphatic heterocycles. The van der Waals surface area contributed by atoms with E-state index in [9.17, 15) is 4.79 Å². The number of carboxylic acid groups (broad SMARTS) is 1. The number of hydrogen-bond donors (Lipinski definition) is 1. The van der Waals surface area contributed by atoms with Gasteiger partial charge >= 0.3 is 5.97 Å². The second-order valence-corrected chi connectivity index (χ2v) is 3.81. The summed E-state index contributed by atoms with van der Waals surface area (Å²) in [6.07, 6.45) is 2.09. The summed E-state index contributed by atoms with van der Waals surface area (Å²) in [5, 5.41) is 8.61. The Hall–Kier alpha value is -0.960. The van der Waals surface area contributed by atoms with E-state index < -0.39 is 5.97 Å². The van der Waals surface area contributed by atoms with E-state index in [2.05, 4.69) is 6.07 Å². The average Bonchev–Trinajstić information content (AvgIpc) is 2.01. The third-order valence-corrected chi connectivity index (χ3v) is 2.41. The van der Waals surface area contributed by atoms with Gasteiger partial charge in [0.25, 0.3) is 0 Å². The van der Waals surface area contributed by atoms with E-state index in [0.717, 1.165) is 16.0 Å². The standard InChI is InChI=1S/C10H12O2S/c1-7-3-8(6-10(11)12)5-9(4-7)13-2/h3-5H,6H2,1-2H3,(H,11,12). The van der Waals surface area contributed by atoms with Crippen LogP contribution in [0.1, 0.15) is 11.1 Å². The first kappa shape index (κ1) is 10.1. The molecule has 1 aromatic rings. The Morgan fingerprint density at radius 3 is 2.69 bits per heavy atom. The average molecular weight is 196 g/mol. The van der Waals surface area contributed by atoms with Gasteiger partial charge in [0.1, 0.15) is 0 Å². The summed E-state index contributed by atoms with van der Waals surface area (Å²) in [5.41, 5.74) is 1.99. The summed E-state index contributed by atoms with van der Waals surface area (Å²) < 4.78 is 0. The summed E-state index contributed by atoms with van der Waals surface area (Å²) in [6, 6.07) is 5.88. The van der Waals surface area contributed by atoms with E-state index in [-0.39, 0.29) is 6.42 Å². The van der Waals surface area contributed by atoms with E-state index >= 15 is 0 Å². The van der Waals surface area contributed by atoms with Crippen LogP contribution in [0.25, 0.3) is 0 Å². The molecule has 13 heavy (non-hydrogen) atoms. The lowest BCUT2D eigenvalue weighted by Crippen LogP contribution is -2.00. The SMILES string of the molecule is CSc1cc(C)cc(CC(=O)O)c1. The molecule has 0 fully saturated rings. The van der Waals surface area contributed by atoms with Crippen molar-refractivity contribution in [3.63, 3.8) is 0 Å². The molecule has 1 N–H and O–H groups in total. The predicted molar refractivity (Wildman–Crippen MR) is 54.3 cm³/mol. The van der Waals surface area contributed by atoms with Gasteiger partial charge in [0.05, 0.1) is 6.42 Å². The Bertz CT molecular complexity index is 321. The van der Waals surface area contributed by atoms with Crippen molar-refractivity contribution in [1.82, 2.24) is 0 Å². The van der Waals surface area contributed by atoms with E-state index in [1.807, 2.05) is 25.3 Å². The first-order valence-electron chi connectivity index (χ1n) is 3.98. The van der Waals surface area contributed by atoms with Crippen LogP contribution >= 0.6 is 11.8 Å². The molecule has 0 saturated heterocycles. The molecule has 0 radical (unpaired) electrons. The van der Waals surface area contributed by atoms with Gasteiger partial charge in [-0.15, -0.1) is 11.8 Å². The minimum atomic E-state index is -0.780. The van der Waals surface area contributed by atoms with Gasteiger partial charge < -0.3 is 5.11 Å². The van der Waals surface area contributed by atoms with Crippen molar-refractivity contribution in [2.45, 2.75) is 18.2 Å². The Morgan fingerprint density at radius 1 is 1.46 bits per heavy atom. The quantitative estimate of drug-likeness (QED) is 0.754. The molecule has 0 saturated carbocycles. The largest absolute Gasteiger partial charge is 0.481 e. The number of benzene rings is 1. The van der Waals surface area contributed by atoms with Crippen LogP contribution in [0.5, 0.6) is 0 Å². The van der Waals surface area contributed by atoms with E-state index in [1.54, 1.807) is 11.8 Å². The number of aryl methyl sites for hydroxylation is 1. The van der Waals surface area contributed by atoms with Gasteiger partial charge in [0.15, 0.2) is 0 Å². The fourth-order valence-electron chi connectivity index (χ4n) is 1.22. The maximum Gasteiger partial charge on any atom is 0.307 e. The third kappa shape index (κ3) is 3.11. The van der Waals surface area contributed by atoms with Crippen molar-refractivity contribution in [3.8, 4) is 0 Å². The highest BCUT2D eigenvalue weighted by atomic mass is 32.2. The Morgan fingerprint density at radius 2 is 2.15 bits per heavy atom. The predicted octanol–water partition coefficient (Wildman–Crippen LogP) is 2.34. The first-order valence-corrected chi connectivity index (χ1v) is 5.20. The van der Waals surface area contributed by atoms with Gasteiger partial charge in [0, 0.05) is 4.90 Å². The second kappa shape index (κ2) is 4.33. The topological polar surface area (TPSA) is 37.3 Å². The molecule has 0 atom stereocenters. The van der Waals surface area contributed by atoms with Gasteiger partial charge in [0.2, 0.25) is 0 Å². The zero-order valence-corrected chi connectivity index (χ0v) is 8.52. The lowest BCUT2D eigenvalue weighted by atomic mass is 10.1. The zero-order chi connectivity index (χ0) is 9.84. The van der Waals surface area contributed by atoms with Crippen LogP contribution in [0.2, 0.25) is 0 Å². The van der Waals surface area contributed by atoms with Crippen LogP contribution in [0, 0.1) is 6.92 Å². The van der Waals surface area contributed by atoms with Crippen LogP contribution in [0.4, 0.5) is 0 Å². The van der Waals surface area contributed by atoms with Gasteiger partial charge in [-0.2, -0.15) is 0 Å². The molecule has 0 heterocycles. The summed E-state index contributed by atoms with van der Waals surface area (Å²) in [5.74, 6) is -0.780. The lowest BCUT2D eigenvalue weighted by molar-refractivity contribution is -0.136. The fourth-order valence-corrected chi connectivity index (χ4v) is 1.79. The van der Waals surface area contributed by atoms with E-state index in [4.69, 9.17) is 5.11 Å². The number of rotatable bonds is 3. The molecule has 3 heteroatoms. The van der Waals surface area contributed by atoms with Crippen LogP contribution < -0.4 is 0 Å². The normalized spacial score (nSPS) is 10.0. The van der Waals surface area contributed by atoms with Gasteiger partial charge in [-0.05, 0) is 36.4 Å². The lowest BCUT2D eigenvalue weighted by Gasteiger charge is -2.03. The van der Waals surface area contributed by atoms with Gasteiger partial charge in [-0.3, -0.25) is 4.79 Å². The Labute approximate surface area is 82.0 Å². The monoisotopic (exact) mass is 196 g/mol. The van der Waals surface area contributed by atoms with Crippen LogP contribution in [0.3, 0.4) is 0 Å². The van der Waals surface area contributed by atoms with Crippen molar-refractivity contribution in [2.24, 2.45) is 0 Å². The molecule has 0 spiro atoms. The second-order valence-electron chi connectivity index (χ2n) is 2.93. The van der Waals surface area contributed by atoms with Gasteiger partial charge in [-0.1, -0.05) is 6.07 Å². The van der Waals surface area contributed by atoms with Crippen molar-refractivity contribution in [2.75, 3.05) is 6.26 Å². The van der Waals surface area contributed by atoms with Crippen LogP contribution in [0.15, 0.2) is 23.1 Å². The molecule has 0 aliphatic carbocycles. The van der Waals surface area contributed by atoms with Crippen LogP contribution in [-0.4, -0.2) is 17.3 Å². The fraction of sp³-hybridized carbons (Fsp3) is 0.300. The minimum absolute atomic E-state index is 0.106. The van der Waals surface area contributed by atoms with E-state index in [1.165, 1.54) is 0 Å². The summed E-state index contributed by atoms with van der Waals surface area (Å²) in [7, 11) is 0. The smallest absolute Gasteiger partial charge is 0.307 e. The Kier molecular flexibility index (Phi) is 3.37. The first-order chi connectivity index (χ1) is 6.11. The number of thioether (sulfide) groups is 1. The zero-order valence-electron chi connectivity index (χ0n) is 7.70. The molecule has 0 aliphatic rings. The molecule has 0 amide bonds. The van der Waals surface area contributed by atoms with Crippen molar-refractivity contribution in [1.29, 1.82) is 0 Å². The summed E-state index contributed by atoms with van der Waals surface area (Å²) in [4.78, 5) is 11.6. The van der Waals surface area contributed by atoms with Crippen LogP contribution in [-0.2, 0) is 11.2 Å². The highest BCUT2D eigenvalue weighted by molar-refractivity contribution is 7.98. The molecule has 1 aromatic carbocycles. The van der Waals surface area contributed by atoms with E-state index in [0.29, 0.717) is 0 Å². The molecule has 1 rings (SSSR count). The highest BCUT2D eigenvalue weighted by Crippen LogP contribution is 2.18. The Balaban J connectivity index is 2.94. The molecule has 0 bridgehead atoms. The third-order valence-electron chi connectivity index (χ3n) is 1.70. The number of aliphatic carboxylic acids is 1. The van der Waals surface area contributed by atoms with Crippen molar-refractivity contribution >= 4 is 17.7 Å². The number of carbonyl (C=O) groups is 1. The number of hydrogen-bond acceptors (Lipinski definition) is 2. The molecule has 70 valence electrons. The van der Waals surface area contributed by atoms with Crippen molar-refractivity contribution in [3.05, 3.63) is 29.3 Å². The molecule has 0 unspecified atom stereocenters. The van der Waals surface area contributed by atoms with Gasteiger partial charge in [-0.25, -0.2) is 0 Å². The minimum Gasteiger partial charge on any atom is -0.481 e. The maximum atomic E-state index is 10.5. The molecular formula is C10H12O2S. The summed E-state index contributed by atoms with van der Waals surface area (Å²) in [6.45, 7) is 1.98. The molecule has 2 nitrogen and oxygen atoms in total. The molecule has 0 aromatic heterocycles.